The molecule has 0 amide bonds. The van der Waals surface area contributed by atoms with Crippen LogP contribution >= 0.6 is 0 Å². The van der Waals surface area contributed by atoms with Gasteiger partial charge in [-0.3, -0.25) is 0 Å². The molecule has 2 aromatic rings. The Morgan fingerprint density at radius 3 is 2.07 bits per heavy atom. The number of oxime groups is 1. The molecule has 0 aromatic heterocycles. The molecule has 160 valence electrons. The summed E-state index contributed by atoms with van der Waals surface area (Å²) in [6, 6.07) is 5.13. The molecule has 0 aliphatic heterocycles. The Labute approximate surface area is 173 Å². The first-order chi connectivity index (χ1) is 14.5. The third-order valence-corrected chi connectivity index (χ3v) is 4.91. The molecule has 2 aromatic carbocycles. The summed E-state index contributed by atoms with van der Waals surface area (Å²) in [5, 5.41) is 13.1. The monoisotopic (exact) mass is 417 g/mol. The third-order valence-electron chi connectivity index (χ3n) is 4.91. The fraction of sp³-hybridized carbons (Fsp3) is 0.333. The number of carbonyl (C=O) groups is 1. The molecule has 0 heterocycles. The fourth-order valence-corrected chi connectivity index (χ4v) is 3.57. The summed E-state index contributed by atoms with van der Waals surface area (Å²) in [6.45, 7) is 0. The molecule has 0 unspecified atom stereocenters. The molecule has 3 rings (SSSR count). The van der Waals surface area contributed by atoms with E-state index in [-0.39, 0.29) is 5.75 Å². The van der Waals surface area contributed by atoms with Crippen molar-refractivity contribution in [3.63, 3.8) is 0 Å². The van der Waals surface area contributed by atoms with Crippen LogP contribution in [0.15, 0.2) is 23.4 Å². The van der Waals surface area contributed by atoms with E-state index < -0.39 is 6.16 Å². The van der Waals surface area contributed by atoms with E-state index in [1.54, 1.807) is 19.2 Å². The molecular formula is C21H23NO8. The van der Waals surface area contributed by atoms with E-state index in [1.807, 2.05) is 6.07 Å². The number of hydrogen-bond acceptors (Lipinski definition) is 9. The number of rotatable bonds is 5. The highest BCUT2D eigenvalue weighted by atomic mass is 16.7. The summed E-state index contributed by atoms with van der Waals surface area (Å²) in [5.41, 5.74) is 3.29. The molecule has 0 fully saturated rings. The molecule has 0 bridgehead atoms. The van der Waals surface area contributed by atoms with Gasteiger partial charge in [-0.25, -0.2) is 4.79 Å². The largest absolute Gasteiger partial charge is 0.513 e. The predicted molar refractivity (Wildman–Crippen MR) is 108 cm³/mol. The summed E-state index contributed by atoms with van der Waals surface area (Å²) in [4.78, 5) is 11.7. The van der Waals surface area contributed by atoms with Crippen LogP contribution in [0.2, 0.25) is 0 Å². The van der Waals surface area contributed by atoms with Crippen molar-refractivity contribution in [2.24, 2.45) is 5.16 Å². The van der Waals surface area contributed by atoms with Crippen LogP contribution in [-0.2, 0) is 11.2 Å². The predicted octanol–water partition coefficient (Wildman–Crippen LogP) is 3.66. The standard InChI is InChI=1S/C21H23NO8/c1-25-15-10-13-12(9-16(15)30-21(23)29-5)14(22-24)7-6-11-8-17(26-2)19(27-3)20(28-4)18(11)13/h8-10,24H,6-7H2,1-5H3/b22-14-. The maximum absolute atomic E-state index is 11.7. The van der Waals surface area contributed by atoms with Gasteiger partial charge in [-0.05, 0) is 42.2 Å². The Bertz CT molecular complexity index is 999. The van der Waals surface area contributed by atoms with Gasteiger partial charge in [0.25, 0.3) is 0 Å². The van der Waals surface area contributed by atoms with Crippen LogP contribution in [0.4, 0.5) is 4.79 Å². The lowest BCUT2D eigenvalue weighted by molar-refractivity contribution is 0.120. The zero-order chi connectivity index (χ0) is 21.8. The molecule has 0 saturated heterocycles. The number of benzene rings is 2. The lowest BCUT2D eigenvalue weighted by atomic mass is 9.94. The number of methoxy groups -OCH3 is 5. The molecule has 0 saturated carbocycles. The Balaban J connectivity index is 2.37. The Morgan fingerprint density at radius 1 is 0.833 bits per heavy atom. The smallest absolute Gasteiger partial charge is 0.493 e. The van der Waals surface area contributed by atoms with E-state index in [9.17, 15) is 10.0 Å². The molecule has 1 aliphatic rings. The van der Waals surface area contributed by atoms with Crippen molar-refractivity contribution in [1.29, 1.82) is 0 Å². The lowest BCUT2D eigenvalue weighted by Gasteiger charge is -2.20. The minimum Gasteiger partial charge on any atom is -0.493 e. The first kappa shape index (κ1) is 21.1. The zero-order valence-corrected chi connectivity index (χ0v) is 17.4. The van der Waals surface area contributed by atoms with Crippen molar-refractivity contribution in [2.75, 3.05) is 35.5 Å². The quantitative estimate of drug-likeness (QED) is 0.340. The second-order valence-corrected chi connectivity index (χ2v) is 6.33. The summed E-state index contributed by atoms with van der Waals surface area (Å²) in [6.07, 6.45) is 0.0862. The van der Waals surface area contributed by atoms with Gasteiger partial charge in [0.1, 0.15) is 0 Å². The normalized spacial score (nSPS) is 13.6. The van der Waals surface area contributed by atoms with Crippen molar-refractivity contribution in [3.05, 3.63) is 29.3 Å². The summed E-state index contributed by atoms with van der Waals surface area (Å²) >= 11 is 0. The van der Waals surface area contributed by atoms with Crippen LogP contribution in [0.3, 0.4) is 0 Å². The Hall–Kier alpha value is -3.62. The lowest BCUT2D eigenvalue weighted by Crippen LogP contribution is -2.10. The molecule has 9 nitrogen and oxygen atoms in total. The van der Waals surface area contributed by atoms with E-state index in [0.29, 0.717) is 52.7 Å². The van der Waals surface area contributed by atoms with E-state index in [0.717, 1.165) is 11.1 Å². The maximum Gasteiger partial charge on any atom is 0.513 e. The fourth-order valence-electron chi connectivity index (χ4n) is 3.57. The van der Waals surface area contributed by atoms with Crippen molar-refractivity contribution >= 4 is 11.9 Å². The van der Waals surface area contributed by atoms with Crippen LogP contribution < -0.4 is 23.7 Å². The summed E-state index contributed by atoms with van der Waals surface area (Å²) in [5.74, 6) is 1.85. The minimum atomic E-state index is -0.895. The summed E-state index contributed by atoms with van der Waals surface area (Å²) in [7, 11) is 7.28. The first-order valence-electron chi connectivity index (χ1n) is 9.04. The molecular weight excluding hydrogens is 394 g/mol. The van der Waals surface area contributed by atoms with Gasteiger partial charge in [0, 0.05) is 11.1 Å². The molecule has 0 atom stereocenters. The van der Waals surface area contributed by atoms with Gasteiger partial charge >= 0.3 is 6.16 Å². The second-order valence-electron chi connectivity index (χ2n) is 6.33. The van der Waals surface area contributed by atoms with Crippen molar-refractivity contribution < 1.29 is 38.4 Å². The average Bonchev–Trinajstić information content (AvgIpc) is 2.92. The zero-order valence-electron chi connectivity index (χ0n) is 17.4. The van der Waals surface area contributed by atoms with Gasteiger partial charge in [0.15, 0.2) is 23.0 Å². The topological polar surface area (TPSA) is 105 Å². The van der Waals surface area contributed by atoms with Crippen molar-refractivity contribution in [3.8, 4) is 39.9 Å². The van der Waals surface area contributed by atoms with E-state index in [4.69, 9.17) is 23.7 Å². The minimum absolute atomic E-state index is 0.132. The highest BCUT2D eigenvalue weighted by Crippen LogP contribution is 2.50. The van der Waals surface area contributed by atoms with E-state index in [2.05, 4.69) is 9.89 Å². The number of fused-ring (bicyclic) bond motifs is 3. The molecule has 30 heavy (non-hydrogen) atoms. The SMILES string of the molecule is COC(=O)Oc1cc2c(cc1OC)-c1c(cc(OC)c(OC)c1OC)CC/C2=N/O. The molecule has 9 heteroatoms. The number of ether oxygens (including phenoxy) is 6. The van der Waals surface area contributed by atoms with E-state index >= 15 is 0 Å². The molecule has 0 radical (unpaired) electrons. The molecule has 1 N–H and O–H groups in total. The van der Waals surface area contributed by atoms with Gasteiger partial charge in [0.2, 0.25) is 5.75 Å². The second kappa shape index (κ2) is 8.81. The van der Waals surface area contributed by atoms with E-state index in [1.165, 1.54) is 28.4 Å². The average molecular weight is 417 g/mol. The van der Waals surface area contributed by atoms with Crippen LogP contribution in [0.5, 0.6) is 28.7 Å². The first-order valence-corrected chi connectivity index (χ1v) is 9.04. The van der Waals surface area contributed by atoms with Gasteiger partial charge in [-0.15, -0.1) is 0 Å². The Kier molecular flexibility index (Phi) is 6.20. The number of nitrogens with zero attached hydrogens (tertiary/aromatic N) is 1. The van der Waals surface area contributed by atoms with Crippen LogP contribution in [-0.4, -0.2) is 52.6 Å². The van der Waals surface area contributed by atoms with Gasteiger partial charge < -0.3 is 33.6 Å². The van der Waals surface area contributed by atoms with Crippen LogP contribution in [0.25, 0.3) is 11.1 Å². The highest BCUT2D eigenvalue weighted by Gasteiger charge is 2.29. The van der Waals surface area contributed by atoms with Crippen LogP contribution in [0, 0.1) is 0 Å². The Morgan fingerprint density at radius 2 is 1.50 bits per heavy atom. The maximum atomic E-state index is 11.7. The van der Waals surface area contributed by atoms with Gasteiger partial charge in [0.05, 0.1) is 41.3 Å². The van der Waals surface area contributed by atoms with Crippen molar-refractivity contribution in [1.82, 2.24) is 0 Å². The molecule has 0 spiro atoms. The van der Waals surface area contributed by atoms with Crippen LogP contribution in [0.1, 0.15) is 17.5 Å². The number of carbonyl (C=O) groups excluding carboxylic acids is 1. The molecule has 1 aliphatic carbocycles. The highest BCUT2D eigenvalue weighted by molar-refractivity contribution is 6.09. The van der Waals surface area contributed by atoms with Gasteiger partial charge in [-0.2, -0.15) is 0 Å². The summed E-state index contributed by atoms with van der Waals surface area (Å²) < 4.78 is 31.9. The van der Waals surface area contributed by atoms with Crippen molar-refractivity contribution in [2.45, 2.75) is 12.8 Å². The number of aryl methyl sites for hydroxylation is 1. The third kappa shape index (κ3) is 3.54. The number of hydrogen-bond donors (Lipinski definition) is 1. The van der Waals surface area contributed by atoms with Gasteiger partial charge in [-0.1, -0.05) is 5.16 Å².